The number of nitrogens with one attached hydrogen (secondary N) is 3. The number of nitrogens with zero attached hydrogens (tertiary/aromatic N) is 1. The van der Waals surface area contributed by atoms with Crippen LogP contribution in [-0.2, 0) is 11.3 Å². The van der Waals surface area contributed by atoms with Crippen molar-refractivity contribution in [1.82, 2.24) is 10.2 Å². The molecule has 228 valence electrons. The average Bonchev–Trinajstić information content (AvgIpc) is 3.02. The number of anilines is 2. The molecule has 0 fully saturated rings. The smallest absolute Gasteiger partial charge is 0.319 e. The highest BCUT2D eigenvalue weighted by molar-refractivity contribution is 6.04. The van der Waals surface area contributed by atoms with Crippen LogP contribution in [0, 0.1) is 0 Å². The highest BCUT2D eigenvalue weighted by Crippen LogP contribution is 2.30. The number of urea groups is 1. The number of benzene rings is 3. The second kappa shape index (κ2) is 15.4. The fourth-order valence-electron chi connectivity index (χ4n) is 5.06. The van der Waals surface area contributed by atoms with Crippen LogP contribution >= 0.6 is 0 Å². The highest BCUT2D eigenvalue weighted by Gasteiger charge is 2.16. The van der Waals surface area contributed by atoms with Gasteiger partial charge in [0.2, 0.25) is 0 Å². The van der Waals surface area contributed by atoms with Gasteiger partial charge < -0.3 is 25.4 Å². The Kier molecular flexibility index (Phi) is 11.4. The lowest BCUT2D eigenvalue weighted by molar-refractivity contribution is 0.102. The molecule has 1 aliphatic rings. The number of ether oxygens (including phenoxy) is 2. The molecule has 0 bridgehead atoms. The largest absolute Gasteiger partial charge is 0.457 e. The summed E-state index contributed by atoms with van der Waals surface area (Å²) >= 11 is 0. The second-order valence-electron chi connectivity index (χ2n) is 11.1. The lowest BCUT2D eigenvalue weighted by Crippen LogP contribution is -2.37. The molecule has 0 radical (unpaired) electrons. The molecule has 3 N–H and O–H groups in total. The van der Waals surface area contributed by atoms with Crippen LogP contribution < -0.4 is 20.7 Å². The minimum Gasteiger partial charge on any atom is -0.457 e. The van der Waals surface area contributed by atoms with Crippen LogP contribution in [0.2, 0.25) is 0 Å². The topological polar surface area (TPSA) is 91.9 Å². The van der Waals surface area contributed by atoms with Gasteiger partial charge in [0.25, 0.3) is 5.91 Å². The van der Waals surface area contributed by atoms with E-state index in [2.05, 4.69) is 40.8 Å². The van der Waals surface area contributed by atoms with Crippen molar-refractivity contribution in [2.45, 2.75) is 65.6 Å². The van der Waals surface area contributed by atoms with E-state index in [1.165, 1.54) is 11.1 Å². The number of amides is 3. The Labute approximate surface area is 255 Å². The average molecular weight is 585 g/mol. The van der Waals surface area contributed by atoms with E-state index < -0.39 is 0 Å². The van der Waals surface area contributed by atoms with Crippen molar-refractivity contribution in [3.05, 3.63) is 89.5 Å². The molecule has 8 heteroatoms. The summed E-state index contributed by atoms with van der Waals surface area (Å²) < 4.78 is 11.5. The van der Waals surface area contributed by atoms with Crippen molar-refractivity contribution in [2.24, 2.45) is 0 Å². The summed E-state index contributed by atoms with van der Waals surface area (Å²) in [6.07, 6.45) is 5.05. The predicted octanol–water partition coefficient (Wildman–Crippen LogP) is 7.69. The molecule has 43 heavy (non-hydrogen) atoms. The fourth-order valence-corrected chi connectivity index (χ4v) is 5.06. The molecule has 1 aliphatic heterocycles. The highest BCUT2D eigenvalue weighted by atomic mass is 16.5. The maximum Gasteiger partial charge on any atom is 0.319 e. The Hall–Kier alpha value is -4.14. The Morgan fingerprint density at radius 1 is 0.907 bits per heavy atom. The van der Waals surface area contributed by atoms with Crippen LogP contribution in [0.25, 0.3) is 5.57 Å². The number of rotatable bonds is 12. The summed E-state index contributed by atoms with van der Waals surface area (Å²) in [7, 11) is 1.61. The maximum atomic E-state index is 12.9. The summed E-state index contributed by atoms with van der Waals surface area (Å²) in [6.45, 7) is 10.9. The number of methoxy groups -OCH3 is 1. The van der Waals surface area contributed by atoms with Crippen molar-refractivity contribution < 1.29 is 19.1 Å². The van der Waals surface area contributed by atoms with Gasteiger partial charge >= 0.3 is 6.03 Å². The van der Waals surface area contributed by atoms with Crippen molar-refractivity contribution in [3.8, 4) is 11.5 Å². The third-order valence-corrected chi connectivity index (χ3v) is 7.77. The zero-order chi connectivity index (χ0) is 30.8. The molecule has 0 atom stereocenters. The molecule has 3 aromatic carbocycles. The number of carbonyl (C=O) groups excluding carboxylic acids is 2. The lowest BCUT2D eigenvalue weighted by atomic mass is 9.98. The van der Waals surface area contributed by atoms with E-state index in [4.69, 9.17) is 9.47 Å². The molecule has 8 nitrogen and oxygen atoms in total. The molecule has 1 heterocycles. The van der Waals surface area contributed by atoms with Gasteiger partial charge in [-0.3, -0.25) is 9.69 Å². The van der Waals surface area contributed by atoms with Crippen LogP contribution in [0.1, 0.15) is 68.4 Å². The van der Waals surface area contributed by atoms with Crippen LogP contribution in [0.3, 0.4) is 0 Å². The van der Waals surface area contributed by atoms with E-state index in [0.29, 0.717) is 41.1 Å². The first-order valence-corrected chi connectivity index (χ1v) is 15.1. The first kappa shape index (κ1) is 31.8. The number of hydrogen-bond acceptors (Lipinski definition) is 5. The van der Waals surface area contributed by atoms with Crippen LogP contribution in [0.5, 0.6) is 11.5 Å². The molecule has 0 saturated heterocycles. The normalized spacial score (nSPS) is 13.5. The summed E-state index contributed by atoms with van der Waals surface area (Å²) in [5.41, 5.74) is 5.23. The molecule has 4 rings (SSSR count). The van der Waals surface area contributed by atoms with Crippen molar-refractivity contribution in [1.29, 1.82) is 0 Å². The van der Waals surface area contributed by atoms with Gasteiger partial charge in [0.1, 0.15) is 11.5 Å². The van der Waals surface area contributed by atoms with Gasteiger partial charge in [0.05, 0.1) is 6.61 Å². The van der Waals surface area contributed by atoms with Crippen LogP contribution in [0.15, 0.2) is 72.8 Å². The van der Waals surface area contributed by atoms with Gasteiger partial charge in [-0.2, -0.15) is 0 Å². The summed E-state index contributed by atoms with van der Waals surface area (Å²) in [5.74, 6) is 1.07. The summed E-state index contributed by atoms with van der Waals surface area (Å²) in [6, 6.07) is 20.9. The first-order chi connectivity index (χ1) is 20.8. The maximum absolute atomic E-state index is 12.9. The van der Waals surface area contributed by atoms with Gasteiger partial charge in [0, 0.05) is 54.8 Å². The van der Waals surface area contributed by atoms with Gasteiger partial charge in [-0.15, -0.1) is 0 Å². The van der Waals surface area contributed by atoms with Gasteiger partial charge in [-0.05, 0) is 98.8 Å². The van der Waals surface area contributed by atoms with E-state index in [9.17, 15) is 9.59 Å². The molecule has 3 amide bonds. The molecular weight excluding hydrogens is 540 g/mol. The molecule has 0 aliphatic carbocycles. The standard InChI is InChI=1S/C35H44N4O4/c1-6-29(7-2)37-35(41)38-31-14-17-33(28(22-31)23-42-5)43-32-15-12-30(13-16-32)36-34(40)27-10-8-25(9-11-27)26-18-20-39(21-19-26)24(3)4/h8-18,22,24,29H,6-7,19-21,23H2,1-5H3,(H,36,40)(H2,37,38,41). The Morgan fingerprint density at radius 3 is 2.21 bits per heavy atom. The minimum absolute atomic E-state index is 0.134. The van der Waals surface area contributed by atoms with E-state index >= 15 is 0 Å². The fraction of sp³-hybridized carbons (Fsp3) is 0.371. The second-order valence-corrected chi connectivity index (χ2v) is 11.1. The van der Waals surface area contributed by atoms with Crippen LogP contribution in [-0.4, -0.2) is 49.1 Å². The SMILES string of the molecule is CCC(CC)NC(=O)Nc1ccc(Oc2ccc(NC(=O)c3ccc(C4=CCN(C(C)C)CC4)cc3)cc2)c(COC)c1. The molecule has 3 aromatic rings. The van der Waals surface area contributed by atoms with Crippen molar-refractivity contribution >= 4 is 28.9 Å². The third kappa shape index (κ3) is 8.92. The summed E-state index contributed by atoms with van der Waals surface area (Å²) in [5, 5.41) is 8.83. The Bertz CT molecular complexity index is 1400. The molecule has 0 saturated carbocycles. The number of carbonyl (C=O) groups is 2. The monoisotopic (exact) mass is 584 g/mol. The quantitative estimate of drug-likeness (QED) is 0.203. The number of hydrogen-bond donors (Lipinski definition) is 3. The molecule has 0 spiro atoms. The van der Waals surface area contributed by atoms with E-state index in [-0.39, 0.29) is 18.0 Å². The first-order valence-electron chi connectivity index (χ1n) is 15.1. The van der Waals surface area contributed by atoms with Gasteiger partial charge in [-0.1, -0.05) is 32.1 Å². The molecule has 0 aromatic heterocycles. The summed E-state index contributed by atoms with van der Waals surface area (Å²) in [4.78, 5) is 27.7. The van der Waals surface area contributed by atoms with E-state index in [1.807, 2.05) is 62.4 Å². The minimum atomic E-state index is -0.237. The molecule has 0 unspecified atom stereocenters. The van der Waals surface area contributed by atoms with Crippen LogP contribution in [0.4, 0.5) is 16.2 Å². The van der Waals surface area contributed by atoms with E-state index in [1.54, 1.807) is 25.3 Å². The van der Waals surface area contributed by atoms with E-state index in [0.717, 1.165) is 37.9 Å². The van der Waals surface area contributed by atoms with Gasteiger partial charge in [0.15, 0.2) is 0 Å². The van der Waals surface area contributed by atoms with Gasteiger partial charge in [-0.25, -0.2) is 4.79 Å². The van der Waals surface area contributed by atoms with Crippen molar-refractivity contribution in [2.75, 3.05) is 30.8 Å². The Morgan fingerprint density at radius 2 is 1.60 bits per heavy atom. The zero-order valence-corrected chi connectivity index (χ0v) is 25.9. The predicted molar refractivity (Wildman–Crippen MR) is 174 cm³/mol. The lowest BCUT2D eigenvalue weighted by Gasteiger charge is -2.29. The van der Waals surface area contributed by atoms with Crippen molar-refractivity contribution in [3.63, 3.8) is 0 Å². The molecular formula is C35H44N4O4. The Balaban J connectivity index is 1.35. The third-order valence-electron chi connectivity index (χ3n) is 7.77. The zero-order valence-electron chi connectivity index (χ0n) is 25.9.